The number of nitrogens with one attached hydrogen (secondary N) is 1. The number of rotatable bonds is 4. The SMILES string of the molecule is Cc1ccc(NC(=O)CN2CCn3cccc3[C@@H]2c2ccc(F)cc2F)cc1C. The molecule has 6 heteroatoms. The van der Waals surface area contributed by atoms with E-state index in [-0.39, 0.29) is 12.5 Å². The fourth-order valence-corrected chi connectivity index (χ4v) is 3.89. The van der Waals surface area contributed by atoms with Crippen molar-refractivity contribution in [3.63, 3.8) is 0 Å². The molecule has 4 nitrogen and oxygen atoms in total. The first-order chi connectivity index (χ1) is 13.9. The maximum absolute atomic E-state index is 14.6. The number of nitrogens with zero attached hydrogens (tertiary/aromatic N) is 2. The summed E-state index contributed by atoms with van der Waals surface area (Å²) in [5, 5.41) is 2.93. The molecule has 3 aromatic rings. The standard InChI is InChI=1S/C23H23F2N3O/c1-15-5-7-18(12-16(15)2)26-22(29)14-28-11-10-27-9-3-4-21(27)23(28)19-8-6-17(24)13-20(19)25/h3-9,12-13,23H,10-11,14H2,1-2H3,(H,26,29)/t23-/m0/s1. The average molecular weight is 395 g/mol. The molecule has 1 atom stereocenters. The van der Waals surface area contributed by atoms with Crippen LogP contribution in [0.3, 0.4) is 0 Å². The number of aromatic nitrogens is 1. The van der Waals surface area contributed by atoms with Gasteiger partial charge in [-0.25, -0.2) is 8.78 Å². The molecule has 0 saturated carbocycles. The molecular weight excluding hydrogens is 372 g/mol. The van der Waals surface area contributed by atoms with Gasteiger partial charge in [-0.2, -0.15) is 0 Å². The Balaban J connectivity index is 1.59. The first-order valence-electron chi connectivity index (χ1n) is 9.63. The quantitative estimate of drug-likeness (QED) is 0.710. The molecule has 1 N–H and O–H groups in total. The summed E-state index contributed by atoms with van der Waals surface area (Å²) in [5.74, 6) is -1.39. The zero-order valence-electron chi connectivity index (χ0n) is 16.5. The van der Waals surface area contributed by atoms with Crippen LogP contribution in [-0.4, -0.2) is 28.5 Å². The van der Waals surface area contributed by atoms with Crippen molar-refractivity contribution in [3.8, 4) is 0 Å². The van der Waals surface area contributed by atoms with Crippen LogP contribution in [0.2, 0.25) is 0 Å². The van der Waals surface area contributed by atoms with E-state index in [1.165, 1.54) is 12.1 Å². The van der Waals surface area contributed by atoms with Gasteiger partial charge in [0.1, 0.15) is 11.6 Å². The summed E-state index contributed by atoms with van der Waals surface area (Å²) in [6, 6.07) is 12.8. The van der Waals surface area contributed by atoms with Crippen molar-refractivity contribution in [2.75, 3.05) is 18.4 Å². The first-order valence-corrected chi connectivity index (χ1v) is 9.63. The number of hydrogen-bond acceptors (Lipinski definition) is 2. The second kappa shape index (κ2) is 7.79. The third kappa shape index (κ3) is 3.93. The highest BCUT2D eigenvalue weighted by Crippen LogP contribution is 2.34. The van der Waals surface area contributed by atoms with Crippen LogP contribution in [0.4, 0.5) is 14.5 Å². The average Bonchev–Trinajstić information content (AvgIpc) is 3.14. The van der Waals surface area contributed by atoms with E-state index in [9.17, 15) is 13.6 Å². The van der Waals surface area contributed by atoms with Gasteiger partial charge in [0.05, 0.1) is 12.6 Å². The molecule has 1 aromatic heterocycles. The number of halogens is 2. The van der Waals surface area contributed by atoms with Crippen LogP contribution in [0.1, 0.15) is 28.4 Å². The summed E-state index contributed by atoms with van der Waals surface area (Å²) in [5.41, 5.74) is 4.25. The molecule has 29 heavy (non-hydrogen) atoms. The summed E-state index contributed by atoms with van der Waals surface area (Å²) in [4.78, 5) is 14.7. The Morgan fingerprint density at radius 3 is 2.66 bits per heavy atom. The lowest BCUT2D eigenvalue weighted by atomic mass is 9.99. The maximum atomic E-state index is 14.6. The van der Waals surface area contributed by atoms with Crippen LogP contribution < -0.4 is 5.32 Å². The molecule has 0 fully saturated rings. The molecule has 0 bridgehead atoms. The molecular formula is C23H23F2N3O. The van der Waals surface area contributed by atoms with Crippen molar-refractivity contribution >= 4 is 11.6 Å². The number of carbonyl (C=O) groups excluding carboxylic acids is 1. The second-order valence-electron chi connectivity index (χ2n) is 7.51. The number of fused-ring (bicyclic) bond motifs is 1. The van der Waals surface area contributed by atoms with Crippen molar-refractivity contribution in [3.05, 3.63) is 88.7 Å². The summed E-state index contributed by atoms with van der Waals surface area (Å²) in [6.07, 6.45) is 1.94. The van der Waals surface area contributed by atoms with E-state index < -0.39 is 17.7 Å². The predicted molar refractivity (Wildman–Crippen MR) is 109 cm³/mol. The summed E-state index contributed by atoms with van der Waals surface area (Å²) in [6.45, 7) is 5.42. The first kappa shape index (κ1) is 19.3. The van der Waals surface area contributed by atoms with E-state index in [4.69, 9.17) is 0 Å². The van der Waals surface area contributed by atoms with E-state index in [1.54, 1.807) is 0 Å². The normalized spacial score (nSPS) is 16.5. The zero-order valence-corrected chi connectivity index (χ0v) is 16.5. The molecule has 0 unspecified atom stereocenters. The molecule has 2 aromatic carbocycles. The van der Waals surface area contributed by atoms with Crippen LogP contribution in [0.15, 0.2) is 54.7 Å². The van der Waals surface area contributed by atoms with Crippen LogP contribution in [0, 0.1) is 25.5 Å². The maximum Gasteiger partial charge on any atom is 0.238 e. The molecule has 2 heterocycles. The minimum absolute atomic E-state index is 0.111. The van der Waals surface area contributed by atoms with Gasteiger partial charge >= 0.3 is 0 Å². The molecule has 1 aliphatic heterocycles. The second-order valence-corrected chi connectivity index (χ2v) is 7.51. The number of benzene rings is 2. The van der Waals surface area contributed by atoms with E-state index >= 15 is 0 Å². The van der Waals surface area contributed by atoms with Crippen LogP contribution in [-0.2, 0) is 11.3 Å². The Kier molecular flexibility index (Phi) is 5.20. The number of carbonyl (C=O) groups is 1. The van der Waals surface area contributed by atoms with Gasteiger partial charge in [-0.3, -0.25) is 9.69 Å². The summed E-state index contributed by atoms with van der Waals surface area (Å²) < 4.78 is 30.1. The predicted octanol–water partition coefficient (Wildman–Crippen LogP) is 4.43. The van der Waals surface area contributed by atoms with Gasteiger partial charge in [-0.15, -0.1) is 0 Å². The number of amides is 1. The number of hydrogen-bond donors (Lipinski definition) is 1. The van der Waals surface area contributed by atoms with Gasteiger partial charge in [0.25, 0.3) is 0 Å². The fraction of sp³-hybridized carbons (Fsp3) is 0.261. The van der Waals surface area contributed by atoms with E-state index in [2.05, 4.69) is 5.32 Å². The van der Waals surface area contributed by atoms with E-state index in [1.807, 2.05) is 59.8 Å². The van der Waals surface area contributed by atoms with Crippen molar-refractivity contribution < 1.29 is 13.6 Å². The molecule has 0 aliphatic carbocycles. The van der Waals surface area contributed by atoms with Gasteiger partial charge in [-0.1, -0.05) is 12.1 Å². The molecule has 150 valence electrons. The minimum Gasteiger partial charge on any atom is -0.348 e. The highest BCUT2D eigenvalue weighted by Gasteiger charge is 2.32. The van der Waals surface area contributed by atoms with Crippen molar-refractivity contribution in [1.29, 1.82) is 0 Å². The largest absolute Gasteiger partial charge is 0.348 e. The minimum atomic E-state index is -0.614. The van der Waals surface area contributed by atoms with Gasteiger partial charge in [0.15, 0.2) is 0 Å². The van der Waals surface area contributed by atoms with Gasteiger partial charge in [0.2, 0.25) is 5.91 Å². The highest BCUT2D eigenvalue weighted by atomic mass is 19.1. The molecule has 0 spiro atoms. The summed E-state index contributed by atoms with van der Waals surface area (Å²) >= 11 is 0. The van der Waals surface area contributed by atoms with Gasteiger partial charge in [-0.05, 0) is 55.3 Å². The Morgan fingerprint density at radius 2 is 1.90 bits per heavy atom. The summed E-state index contributed by atoms with van der Waals surface area (Å²) in [7, 11) is 0. The highest BCUT2D eigenvalue weighted by molar-refractivity contribution is 5.92. The molecule has 4 rings (SSSR count). The molecule has 1 aliphatic rings. The molecule has 0 saturated heterocycles. The fourth-order valence-electron chi connectivity index (χ4n) is 3.89. The van der Waals surface area contributed by atoms with Crippen LogP contribution in [0.5, 0.6) is 0 Å². The van der Waals surface area contributed by atoms with Crippen molar-refractivity contribution in [2.24, 2.45) is 0 Å². The van der Waals surface area contributed by atoms with E-state index in [0.29, 0.717) is 18.7 Å². The monoisotopic (exact) mass is 395 g/mol. The zero-order chi connectivity index (χ0) is 20.5. The number of anilines is 1. The Hall–Kier alpha value is -2.99. The van der Waals surface area contributed by atoms with Gasteiger partial charge < -0.3 is 9.88 Å². The third-order valence-corrected chi connectivity index (χ3v) is 5.53. The molecule has 1 amide bonds. The van der Waals surface area contributed by atoms with Crippen LogP contribution in [0.25, 0.3) is 0 Å². The smallest absolute Gasteiger partial charge is 0.238 e. The Morgan fingerprint density at radius 1 is 1.07 bits per heavy atom. The lowest BCUT2D eigenvalue weighted by molar-refractivity contribution is -0.118. The van der Waals surface area contributed by atoms with Crippen molar-refractivity contribution in [1.82, 2.24) is 9.47 Å². The van der Waals surface area contributed by atoms with Crippen molar-refractivity contribution in [2.45, 2.75) is 26.4 Å². The lowest BCUT2D eigenvalue weighted by Gasteiger charge is -2.37. The van der Waals surface area contributed by atoms with E-state index in [0.717, 1.165) is 28.6 Å². The van der Waals surface area contributed by atoms with Crippen LogP contribution >= 0.6 is 0 Å². The van der Waals surface area contributed by atoms with Gasteiger partial charge in [0, 0.05) is 42.3 Å². The Labute approximate surface area is 168 Å². The number of aryl methyl sites for hydroxylation is 2. The lowest BCUT2D eigenvalue weighted by Crippen LogP contribution is -2.43. The topological polar surface area (TPSA) is 37.3 Å². The molecule has 0 radical (unpaired) electrons. The Bertz CT molecular complexity index is 1060. The third-order valence-electron chi connectivity index (χ3n) is 5.53.